The maximum Gasteiger partial charge on any atom is 0.243 e. The summed E-state index contributed by atoms with van der Waals surface area (Å²) in [6.07, 6.45) is 1.47. The Bertz CT molecular complexity index is 1280. The number of sulfonamides is 1. The summed E-state index contributed by atoms with van der Waals surface area (Å²) < 4.78 is 35.9. The summed E-state index contributed by atoms with van der Waals surface area (Å²) >= 11 is 0. The molecule has 0 N–H and O–H groups in total. The van der Waals surface area contributed by atoms with E-state index in [1.807, 2.05) is 73.7 Å². The number of ether oxygens (including phenoxy) is 1. The van der Waals surface area contributed by atoms with Crippen LogP contribution in [0.15, 0.2) is 83.8 Å². The first-order valence-corrected chi connectivity index (χ1v) is 13.2. The smallest absolute Gasteiger partial charge is 0.243 e. The zero-order chi connectivity index (χ0) is 23.7. The molecule has 2 aliphatic rings. The van der Waals surface area contributed by atoms with Crippen molar-refractivity contribution < 1.29 is 13.2 Å². The SMILES string of the molecule is Cc1ccc(S(=O)(=O)N2CC[C@H]3CCO[C@@H](c4ccc(C#N)cc4)[C@@H]3[C@H]2c2ccccc2)cc1. The van der Waals surface area contributed by atoms with E-state index >= 15 is 0 Å². The average molecular weight is 473 g/mol. The molecular formula is C28H28N2O3S. The Labute approximate surface area is 201 Å². The van der Waals surface area contributed by atoms with Gasteiger partial charge in [-0.1, -0.05) is 60.2 Å². The van der Waals surface area contributed by atoms with E-state index in [9.17, 15) is 13.7 Å². The maximum atomic E-state index is 13.9. The number of aryl methyl sites for hydroxylation is 1. The molecule has 34 heavy (non-hydrogen) atoms. The Morgan fingerprint density at radius 2 is 1.62 bits per heavy atom. The predicted octanol–water partition coefficient (Wildman–Crippen LogP) is 5.40. The average Bonchev–Trinajstić information content (AvgIpc) is 2.88. The fourth-order valence-corrected chi connectivity index (χ4v) is 7.16. The van der Waals surface area contributed by atoms with Gasteiger partial charge in [0.2, 0.25) is 10.0 Å². The van der Waals surface area contributed by atoms with Gasteiger partial charge < -0.3 is 4.74 Å². The summed E-state index contributed by atoms with van der Waals surface area (Å²) in [7, 11) is -3.71. The van der Waals surface area contributed by atoms with E-state index in [2.05, 4.69) is 6.07 Å². The van der Waals surface area contributed by atoms with Crippen LogP contribution in [-0.2, 0) is 14.8 Å². The quantitative estimate of drug-likeness (QED) is 0.510. The third kappa shape index (κ3) is 4.16. The van der Waals surface area contributed by atoms with E-state index in [0.29, 0.717) is 29.5 Å². The first-order valence-electron chi connectivity index (χ1n) is 11.7. The van der Waals surface area contributed by atoms with Crippen molar-refractivity contribution in [3.63, 3.8) is 0 Å². The second kappa shape index (κ2) is 9.34. The van der Waals surface area contributed by atoms with Crippen LogP contribution < -0.4 is 0 Å². The molecule has 0 unspecified atom stereocenters. The highest BCUT2D eigenvalue weighted by Crippen LogP contribution is 2.52. The topological polar surface area (TPSA) is 70.4 Å². The van der Waals surface area contributed by atoms with E-state index < -0.39 is 10.0 Å². The molecule has 2 aliphatic heterocycles. The van der Waals surface area contributed by atoms with E-state index in [4.69, 9.17) is 4.74 Å². The molecule has 4 atom stereocenters. The highest BCUT2D eigenvalue weighted by atomic mass is 32.2. The van der Waals surface area contributed by atoms with Crippen LogP contribution >= 0.6 is 0 Å². The van der Waals surface area contributed by atoms with Crippen molar-refractivity contribution in [1.29, 1.82) is 5.26 Å². The molecule has 5 nitrogen and oxygen atoms in total. The molecule has 0 aromatic heterocycles. The number of nitriles is 1. The Morgan fingerprint density at radius 3 is 2.29 bits per heavy atom. The first-order chi connectivity index (χ1) is 16.5. The highest BCUT2D eigenvalue weighted by Gasteiger charge is 2.49. The van der Waals surface area contributed by atoms with Gasteiger partial charge in [0, 0.05) is 19.1 Å². The van der Waals surface area contributed by atoms with Crippen molar-refractivity contribution in [3.8, 4) is 6.07 Å². The van der Waals surface area contributed by atoms with Gasteiger partial charge in [-0.05, 0) is 61.1 Å². The first kappa shape index (κ1) is 22.8. The third-order valence-electron chi connectivity index (χ3n) is 7.21. The number of hydrogen-bond donors (Lipinski definition) is 0. The van der Waals surface area contributed by atoms with Gasteiger partial charge in [-0.3, -0.25) is 0 Å². The van der Waals surface area contributed by atoms with E-state index in [-0.39, 0.29) is 18.1 Å². The van der Waals surface area contributed by atoms with Crippen LogP contribution in [0.5, 0.6) is 0 Å². The number of fused-ring (bicyclic) bond motifs is 1. The van der Waals surface area contributed by atoms with Crippen molar-refractivity contribution in [2.45, 2.75) is 36.8 Å². The molecule has 5 rings (SSSR count). The van der Waals surface area contributed by atoms with Crippen LogP contribution in [0.2, 0.25) is 0 Å². The second-order valence-corrected chi connectivity index (χ2v) is 11.1. The standard InChI is InChI=1S/C28H28N2O3S/c1-20-7-13-25(14-8-20)34(31,32)30-17-15-22-16-18-33-28(24-11-9-21(19-29)10-12-24)26(22)27(30)23-5-3-2-4-6-23/h2-14,22,26-28H,15-18H2,1H3/t22-,26-,27+,28-/m0/s1. The molecular weight excluding hydrogens is 444 g/mol. The summed E-state index contributed by atoms with van der Waals surface area (Å²) in [6.45, 7) is 3.09. The van der Waals surface area contributed by atoms with E-state index in [0.717, 1.165) is 29.5 Å². The normalized spacial score (nSPS) is 25.3. The zero-order valence-electron chi connectivity index (χ0n) is 19.2. The summed E-state index contributed by atoms with van der Waals surface area (Å²) in [6, 6.07) is 26.4. The van der Waals surface area contributed by atoms with Crippen molar-refractivity contribution in [3.05, 3.63) is 101 Å². The molecule has 0 spiro atoms. The fraction of sp³-hybridized carbons (Fsp3) is 0.321. The van der Waals surface area contributed by atoms with Crippen molar-refractivity contribution in [1.82, 2.24) is 4.31 Å². The number of hydrogen-bond acceptors (Lipinski definition) is 4. The largest absolute Gasteiger partial charge is 0.373 e. The minimum atomic E-state index is -3.71. The molecule has 0 radical (unpaired) electrons. The highest BCUT2D eigenvalue weighted by molar-refractivity contribution is 7.89. The molecule has 0 bridgehead atoms. The molecule has 0 saturated carbocycles. The van der Waals surface area contributed by atoms with Crippen LogP contribution in [0, 0.1) is 30.1 Å². The molecule has 174 valence electrons. The zero-order valence-corrected chi connectivity index (χ0v) is 20.0. The van der Waals surface area contributed by atoms with Gasteiger partial charge in [-0.2, -0.15) is 9.57 Å². The Balaban J connectivity index is 1.61. The molecule has 2 fully saturated rings. The number of piperidine rings is 1. The van der Waals surface area contributed by atoms with Gasteiger partial charge in [0.1, 0.15) is 0 Å². The Kier molecular flexibility index (Phi) is 6.26. The Hall–Kier alpha value is -2.98. The molecule has 3 aromatic carbocycles. The second-order valence-electron chi connectivity index (χ2n) is 9.22. The number of rotatable bonds is 4. The molecule has 2 saturated heterocycles. The summed E-state index contributed by atoms with van der Waals surface area (Å²) in [5, 5.41) is 9.21. The lowest BCUT2D eigenvalue weighted by atomic mass is 9.70. The van der Waals surface area contributed by atoms with Gasteiger partial charge in [0.05, 0.1) is 28.7 Å². The lowest BCUT2D eigenvalue weighted by molar-refractivity contribution is -0.100. The minimum Gasteiger partial charge on any atom is -0.373 e. The lowest BCUT2D eigenvalue weighted by Gasteiger charge is -2.50. The van der Waals surface area contributed by atoms with Crippen LogP contribution in [0.4, 0.5) is 0 Å². The van der Waals surface area contributed by atoms with Crippen LogP contribution in [0.25, 0.3) is 0 Å². The van der Waals surface area contributed by atoms with Crippen molar-refractivity contribution in [2.24, 2.45) is 11.8 Å². The Morgan fingerprint density at radius 1 is 0.912 bits per heavy atom. The summed E-state index contributed by atoms with van der Waals surface area (Å²) in [5.74, 6) is 0.321. The molecule has 0 aliphatic carbocycles. The van der Waals surface area contributed by atoms with Gasteiger partial charge >= 0.3 is 0 Å². The summed E-state index contributed by atoms with van der Waals surface area (Å²) in [4.78, 5) is 0.323. The van der Waals surface area contributed by atoms with Crippen LogP contribution in [0.3, 0.4) is 0 Å². The fourth-order valence-electron chi connectivity index (χ4n) is 5.50. The van der Waals surface area contributed by atoms with Crippen LogP contribution in [0.1, 0.15) is 47.2 Å². The third-order valence-corrected chi connectivity index (χ3v) is 9.11. The van der Waals surface area contributed by atoms with Gasteiger partial charge in [-0.25, -0.2) is 8.42 Å². The number of benzene rings is 3. The van der Waals surface area contributed by atoms with Crippen molar-refractivity contribution in [2.75, 3.05) is 13.2 Å². The molecule has 6 heteroatoms. The van der Waals surface area contributed by atoms with Gasteiger partial charge in [-0.15, -0.1) is 0 Å². The minimum absolute atomic E-state index is 0.0296. The molecule has 0 amide bonds. The lowest BCUT2D eigenvalue weighted by Crippen LogP contribution is -2.50. The van der Waals surface area contributed by atoms with E-state index in [1.165, 1.54) is 0 Å². The van der Waals surface area contributed by atoms with Crippen molar-refractivity contribution >= 4 is 10.0 Å². The number of nitrogens with zero attached hydrogens (tertiary/aromatic N) is 2. The van der Waals surface area contributed by atoms with Gasteiger partial charge in [0.15, 0.2) is 0 Å². The molecule has 2 heterocycles. The maximum absolute atomic E-state index is 13.9. The van der Waals surface area contributed by atoms with Crippen LogP contribution in [-0.4, -0.2) is 25.9 Å². The predicted molar refractivity (Wildman–Crippen MR) is 130 cm³/mol. The molecule has 3 aromatic rings. The van der Waals surface area contributed by atoms with E-state index in [1.54, 1.807) is 16.4 Å². The van der Waals surface area contributed by atoms with Gasteiger partial charge in [0.25, 0.3) is 0 Å². The monoisotopic (exact) mass is 472 g/mol. The summed E-state index contributed by atoms with van der Waals surface area (Å²) in [5.41, 5.74) is 3.60.